The molecule has 2 aromatic carbocycles. The first-order chi connectivity index (χ1) is 9.17. The summed E-state index contributed by atoms with van der Waals surface area (Å²) in [5.41, 5.74) is 4.52. The minimum absolute atomic E-state index is 0.0413. The number of anilines is 2. The lowest BCUT2D eigenvalue weighted by atomic mass is 10.1. The number of nitrogens with zero attached hydrogens (tertiary/aromatic N) is 2. The summed E-state index contributed by atoms with van der Waals surface area (Å²) in [7, 11) is 1.94. The molecular formula is C16H16N2O. The largest absolute Gasteiger partial charge is 0.392 e. The lowest BCUT2D eigenvalue weighted by molar-refractivity contribution is 0.282. The molecule has 0 spiro atoms. The van der Waals surface area contributed by atoms with Crippen molar-refractivity contribution in [3.05, 3.63) is 59.2 Å². The van der Waals surface area contributed by atoms with Crippen LogP contribution in [0.2, 0.25) is 0 Å². The van der Waals surface area contributed by atoms with Gasteiger partial charge in [-0.05, 0) is 36.2 Å². The van der Waals surface area contributed by atoms with Crippen LogP contribution in [0, 0.1) is 18.3 Å². The summed E-state index contributed by atoms with van der Waals surface area (Å²) >= 11 is 0. The average Bonchev–Trinajstić information content (AvgIpc) is 2.46. The highest BCUT2D eigenvalue weighted by atomic mass is 16.3. The van der Waals surface area contributed by atoms with Crippen LogP contribution < -0.4 is 4.90 Å². The molecule has 2 rings (SSSR count). The monoisotopic (exact) mass is 252 g/mol. The molecule has 1 N–H and O–H groups in total. The van der Waals surface area contributed by atoms with Gasteiger partial charge in [0, 0.05) is 12.7 Å². The lowest BCUT2D eigenvalue weighted by Gasteiger charge is -2.23. The summed E-state index contributed by atoms with van der Waals surface area (Å²) in [5, 5.41) is 18.3. The van der Waals surface area contributed by atoms with Crippen molar-refractivity contribution in [1.82, 2.24) is 0 Å². The first kappa shape index (κ1) is 13.1. The molecular weight excluding hydrogens is 236 g/mol. The van der Waals surface area contributed by atoms with Crippen molar-refractivity contribution in [2.24, 2.45) is 0 Å². The van der Waals surface area contributed by atoms with Gasteiger partial charge in [-0.1, -0.05) is 24.3 Å². The molecule has 0 saturated carbocycles. The molecule has 0 fully saturated rings. The number of hydrogen-bond donors (Lipinski definition) is 1. The van der Waals surface area contributed by atoms with E-state index in [0.717, 1.165) is 22.5 Å². The van der Waals surface area contributed by atoms with Gasteiger partial charge < -0.3 is 10.0 Å². The molecule has 0 amide bonds. The average molecular weight is 252 g/mol. The summed E-state index contributed by atoms with van der Waals surface area (Å²) in [6.45, 7) is 2.04. The maximum Gasteiger partial charge on any atom is 0.101 e. The number of para-hydroxylation sites is 1. The summed E-state index contributed by atoms with van der Waals surface area (Å²) < 4.78 is 0. The van der Waals surface area contributed by atoms with Crippen LogP contribution in [0.4, 0.5) is 11.4 Å². The van der Waals surface area contributed by atoms with E-state index < -0.39 is 0 Å². The van der Waals surface area contributed by atoms with Crippen molar-refractivity contribution in [1.29, 1.82) is 5.26 Å². The fourth-order valence-corrected chi connectivity index (χ4v) is 2.18. The molecule has 0 bridgehead atoms. The van der Waals surface area contributed by atoms with E-state index in [4.69, 9.17) is 10.4 Å². The Morgan fingerprint density at radius 3 is 2.53 bits per heavy atom. The number of rotatable bonds is 3. The molecule has 0 atom stereocenters. The van der Waals surface area contributed by atoms with E-state index in [1.807, 2.05) is 61.3 Å². The second kappa shape index (κ2) is 5.55. The molecule has 0 heterocycles. The predicted octanol–water partition coefficient (Wildman–Crippen LogP) is 3.13. The summed E-state index contributed by atoms with van der Waals surface area (Å²) in [5.74, 6) is 0. The topological polar surface area (TPSA) is 47.3 Å². The van der Waals surface area contributed by atoms with Gasteiger partial charge in [-0.25, -0.2) is 0 Å². The molecule has 2 aromatic rings. The van der Waals surface area contributed by atoms with E-state index in [2.05, 4.69) is 6.07 Å². The number of aliphatic hydroxyl groups is 1. The third kappa shape index (κ3) is 2.59. The molecule has 0 unspecified atom stereocenters. The molecule has 0 aromatic heterocycles. The molecule has 0 aliphatic rings. The van der Waals surface area contributed by atoms with Crippen LogP contribution in [0.15, 0.2) is 42.5 Å². The van der Waals surface area contributed by atoms with Crippen LogP contribution in [0.1, 0.15) is 16.7 Å². The van der Waals surface area contributed by atoms with Crippen LogP contribution in [-0.4, -0.2) is 12.2 Å². The van der Waals surface area contributed by atoms with E-state index in [1.165, 1.54) is 0 Å². The molecule has 96 valence electrons. The Labute approximate surface area is 113 Å². The first-order valence-electron chi connectivity index (χ1n) is 6.10. The Bertz CT molecular complexity index is 629. The maximum absolute atomic E-state index is 9.16. The smallest absolute Gasteiger partial charge is 0.101 e. The standard InChI is InChI=1S/C16H16N2O/c1-12-9-13(11-19)7-8-15(12)18(2)16-6-4-3-5-14(16)10-17/h3-9,19H,11H2,1-2H3. The Morgan fingerprint density at radius 1 is 1.16 bits per heavy atom. The SMILES string of the molecule is Cc1cc(CO)ccc1N(C)c1ccccc1C#N. The van der Waals surface area contributed by atoms with Crippen LogP contribution >= 0.6 is 0 Å². The van der Waals surface area contributed by atoms with Crippen LogP contribution in [0.25, 0.3) is 0 Å². The van der Waals surface area contributed by atoms with Gasteiger partial charge in [-0.15, -0.1) is 0 Å². The van der Waals surface area contributed by atoms with Gasteiger partial charge in [0.2, 0.25) is 0 Å². The minimum Gasteiger partial charge on any atom is -0.392 e. The van der Waals surface area contributed by atoms with Crippen molar-refractivity contribution >= 4 is 11.4 Å². The highest BCUT2D eigenvalue weighted by Gasteiger charge is 2.10. The van der Waals surface area contributed by atoms with Crippen molar-refractivity contribution in [3.8, 4) is 6.07 Å². The number of aryl methyl sites for hydroxylation is 1. The maximum atomic E-state index is 9.16. The zero-order valence-corrected chi connectivity index (χ0v) is 11.1. The molecule has 3 nitrogen and oxygen atoms in total. The zero-order valence-electron chi connectivity index (χ0n) is 11.1. The van der Waals surface area contributed by atoms with Crippen molar-refractivity contribution in [2.75, 3.05) is 11.9 Å². The fourth-order valence-electron chi connectivity index (χ4n) is 2.18. The van der Waals surface area contributed by atoms with Crippen LogP contribution in [0.3, 0.4) is 0 Å². The van der Waals surface area contributed by atoms with Crippen LogP contribution in [-0.2, 0) is 6.61 Å². The van der Waals surface area contributed by atoms with Crippen molar-refractivity contribution < 1.29 is 5.11 Å². The van der Waals surface area contributed by atoms with Crippen molar-refractivity contribution in [2.45, 2.75) is 13.5 Å². The second-order valence-corrected chi connectivity index (χ2v) is 4.47. The van der Waals surface area contributed by atoms with Crippen LogP contribution in [0.5, 0.6) is 0 Å². The summed E-state index contributed by atoms with van der Waals surface area (Å²) in [4.78, 5) is 2.00. The van der Waals surface area contributed by atoms with Gasteiger partial charge in [-0.2, -0.15) is 5.26 Å². The number of aliphatic hydroxyl groups excluding tert-OH is 1. The first-order valence-corrected chi connectivity index (χ1v) is 6.10. The lowest BCUT2D eigenvalue weighted by Crippen LogP contribution is -2.12. The fraction of sp³-hybridized carbons (Fsp3) is 0.188. The normalized spacial score (nSPS) is 10.0. The zero-order chi connectivity index (χ0) is 13.8. The van der Waals surface area contributed by atoms with E-state index in [1.54, 1.807) is 0 Å². The minimum atomic E-state index is 0.0413. The molecule has 0 saturated heterocycles. The van der Waals surface area contributed by atoms with Gasteiger partial charge in [0.1, 0.15) is 6.07 Å². The predicted molar refractivity (Wildman–Crippen MR) is 76.3 cm³/mol. The third-order valence-corrected chi connectivity index (χ3v) is 3.19. The number of benzene rings is 2. The van der Waals surface area contributed by atoms with Gasteiger partial charge in [0.15, 0.2) is 0 Å². The van der Waals surface area contributed by atoms with Gasteiger partial charge in [0.25, 0.3) is 0 Å². The Hall–Kier alpha value is -2.31. The Balaban J connectivity index is 2.45. The van der Waals surface area contributed by atoms with Crippen molar-refractivity contribution in [3.63, 3.8) is 0 Å². The number of nitriles is 1. The van der Waals surface area contributed by atoms with Gasteiger partial charge in [-0.3, -0.25) is 0 Å². The van der Waals surface area contributed by atoms with Gasteiger partial charge >= 0.3 is 0 Å². The number of hydrogen-bond acceptors (Lipinski definition) is 3. The van der Waals surface area contributed by atoms with E-state index in [-0.39, 0.29) is 6.61 Å². The molecule has 3 heteroatoms. The molecule has 0 aliphatic heterocycles. The van der Waals surface area contributed by atoms with E-state index in [0.29, 0.717) is 5.56 Å². The Kier molecular flexibility index (Phi) is 3.84. The van der Waals surface area contributed by atoms with Gasteiger partial charge in [0.05, 0.1) is 17.9 Å². The highest BCUT2D eigenvalue weighted by molar-refractivity contribution is 5.70. The molecule has 0 aliphatic carbocycles. The molecule has 0 radical (unpaired) electrons. The Morgan fingerprint density at radius 2 is 1.89 bits per heavy atom. The third-order valence-electron chi connectivity index (χ3n) is 3.19. The summed E-state index contributed by atoms with van der Waals surface area (Å²) in [6.07, 6.45) is 0. The highest BCUT2D eigenvalue weighted by Crippen LogP contribution is 2.29. The summed E-state index contributed by atoms with van der Waals surface area (Å²) in [6, 6.07) is 15.5. The molecule has 19 heavy (non-hydrogen) atoms. The quantitative estimate of drug-likeness (QED) is 0.913. The second-order valence-electron chi connectivity index (χ2n) is 4.47. The van der Waals surface area contributed by atoms with E-state index in [9.17, 15) is 0 Å². The van der Waals surface area contributed by atoms with E-state index >= 15 is 0 Å².